The van der Waals surface area contributed by atoms with Gasteiger partial charge in [-0.3, -0.25) is 4.79 Å². The highest BCUT2D eigenvalue weighted by molar-refractivity contribution is 5.93. The molecule has 2 atom stereocenters. The Kier molecular flexibility index (Phi) is 6.27. The predicted octanol–water partition coefficient (Wildman–Crippen LogP) is 8.09. The summed E-state index contributed by atoms with van der Waals surface area (Å²) in [6, 6.07) is 8.67. The lowest BCUT2D eigenvalue weighted by atomic mass is 9.62. The van der Waals surface area contributed by atoms with Crippen LogP contribution < -0.4 is 0 Å². The largest absolute Gasteiger partial charge is 0.458 e. The Bertz CT molecular complexity index is 1020. The van der Waals surface area contributed by atoms with Crippen molar-refractivity contribution < 1.29 is 9.21 Å². The molecule has 0 N–H and O–H groups in total. The Labute approximate surface area is 194 Å². The average molecular weight is 433 g/mol. The molecule has 32 heavy (non-hydrogen) atoms. The Balaban J connectivity index is 1.47. The van der Waals surface area contributed by atoms with E-state index in [1.54, 1.807) is 0 Å². The van der Waals surface area contributed by atoms with Gasteiger partial charge in [-0.1, -0.05) is 58.9 Å². The third-order valence-corrected chi connectivity index (χ3v) is 8.06. The van der Waals surface area contributed by atoms with Crippen molar-refractivity contribution in [3.8, 4) is 0 Å². The molecule has 2 heteroatoms. The van der Waals surface area contributed by atoms with Gasteiger partial charge in [0.15, 0.2) is 11.5 Å². The molecule has 0 aliphatic heterocycles. The van der Waals surface area contributed by atoms with Crippen molar-refractivity contribution >= 4 is 5.78 Å². The summed E-state index contributed by atoms with van der Waals surface area (Å²) in [5.74, 6) is 2.75. The van der Waals surface area contributed by atoms with Gasteiger partial charge in [-0.05, 0) is 96.1 Å². The first-order valence-electron chi connectivity index (χ1n) is 12.5. The van der Waals surface area contributed by atoms with Gasteiger partial charge in [-0.2, -0.15) is 0 Å². The fraction of sp³-hybridized carbons (Fsp3) is 0.567. The van der Waals surface area contributed by atoms with Gasteiger partial charge in [0, 0.05) is 12.8 Å². The van der Waals surface area contributed by atoms with Crippen LogP contribution in [0, 0.1) is 18.8 Å². The van der Waals surface area contributed by atoms with Crippen molar-refractivity contribution in [2.24, 2.45) is 11.8 Å². The second kappa shape index (κ2) is 8.69. The third kappa shape index (κ3) is 4.80. The van der Waals surface area contributed by atoms with E-state index < -0.39 is 0 Å². The van der Waals surface area contributed by atoms with Crippen LogP contribution in [0.4, 0.5) is 0 Å². The van der Waals surface area contributed by atoms with Crippen LogP contribution in [-0.4, -0.2) is 5.78 Å². The number of furan rings is 1. The van der Waals surface area contributed by atoms with E-state index in [0.29, 0.717) is 24.0 Å². The molecule has 0 amide bonds. The quantitative estimate of drug-likeness (QED) is 0.341. The van der Waals surface area contributed by atoms with Gasteiger partial charge in [0.1, 0.15) is 5.76 Å². The molecule has 0 saturated carbocycles. The Morgan fingerprint density at radius 2 is 1.69 bits per heavy atom. The maximum Gasteiger partial charge on any atom is 0.198 e. The maximum absolute atomic E-state index is 12.7. The summed E-state index contributed by atoms with van der Waals surface area (Å²) in [5.41, 5.74) is 6.03. The molecule has 2 nitrogen and oxygen atoms in total. The van der Waals surface area contributed by atoms with Gasteiger partial charge in [0.05, 0.1) is 0 Å². The standard InChI is InChI=1S/C30H40O2/c1-20-7-9-22(10-8-20)11-13-27(31)28-14-12-24(32-28)18-23-19-26-25(17-21(23)2)29(3,4)15-16-30(26,5)6/h7,9,12,14,17,19-20,22H,8,10-11,13,15-16,18H2,1-6H3. The van der Waals surface area contributed by atoms with Crippen molar-refractivity contribution in [1.82, 2.24) is 0 Å². The molecular weight excluding hydrogens is 392 g/mol. The molecule has 1 heterocycles. The highest BCUT2D eigenvalue weighted by Crippen LogP contribution is 2.46. The van der Waals surface area contributed by atoms with Crippen molar-refractivity contribution in [3.05, 3.63) is 70.2 Å². The molecule has 1 aromatic heterocycles. The summed E-state index contributed by atoms with van der Waals surface area (Å²) < 4.78 is 6.03. The van der Waals surface area contributed by atoms with Gasteiger partial charge >= 0.3 is 0 Å². The van der Waals surface area contributed by atoms with Crippen molar-refractivity contribution in [1.29, 1.82) is 0 Å². The Morgan fingerprint density at radius 3 is 2.34 bits per heavy atom. The van der Waals surface area contributed by atoms with Gasteiger partial charge in [-0.25, -0.2) is 0 Å². The average Bonchev–Trinajstić information content (AvgIpc) is 3.21. The number of ketones is 1. The number of allylic oxidation sites excluding steroid dienone is 2. The Morgan fingerprint density at radius 1 is 1.00 bits per heavy atom. The van der Waals surface area contributed by atoms with E-state index in [2.05, 4.69) is 65.8 Å². The van der Waals surface area contributed by atoms with Crippen molar-refractivity contribution in [3.63, 3.8) is 0 Å². The first kappa shape index (κ1) is 23.1. The normalized spacial score (nSPS) is 23.7. The number of rotatable bonds is 6. The molecule has 0 saturated heterocycles. The number of aryl methyl sites for hydroxylation is 1. The molecule has 2 unspecified atom stereocenters. The SMILES string of the molecule is Cc1cc2c(cc1Cc1ccc(C(=O)CCC3C=CC(C)CC3)o1)C(C)(C)CCC2(C)C. The molecule has 4 rings (SSSR count). The van der Waals surface area contributed by atoms with Crippen molar-refractivity contribution in [2.75, 3.05) is 0 Å². The summed E-state index contributed by atoms with van der Waals surface area (Å²) in [6.07, 6.45) is 11.7. The number of benzene rings is 1. The summed E-state index contributed by atoms with van der Waals surface area (Å²) in [4.78, 5) is 12.7. The van der Waals surface area contributed by atoms with Crippen LogP contribution in [-0.2, 0) is 17.3 Å². The summed E-state index contributed by atoms with van der Waals surface area (Å²) >= 11 is 0. The third-order valence-electron chi connectivity index (χ3n) is 8.06. The number of hydrogen-bond acceptors (Lipinski definition) is 2. The molecule has 172 valence electrons. The van der Waals surface area contributed by atoms with E-state index >= 15 is 0 Å². The van der Waals surface area contributed by atoms with Crippen LogP contribution in [0.3, 0.4) is 0 Å². The predicted molar refractivity (Wildman–Crippen MR) is 133 cm³/mol. The molecule has 0 bridgehead atoms. The van der Waals surface area contributed by atoms with E-state index in [4.69, 9.17) is 4.42 Å². The van der Waals surface area contributed by atoms with E-state index in [1.807, 2.05) is 12.1 Å². The fourth-order valence-corrected chi connectivity index (χ4v) is 5.46. The summed E-state index contributed by atoms with van der Waals surface area (Å²) in [6.45, 7) is 13.9. The minimum atomic E-state index is 0.133. The smallest absolute Gasteiger partial charge is 0.198 e. The lowest BCUT2D eigenvalue weighted by Gasteiger charge is -2.42. The highest BCUT2D eigenvalue weighted by atomic mass is 16.3. The van der Waals surface area contributed by atoms with Gasteiger partial charge in [0.2, 0.25) is 0 Å². The summed E-state index contributed by atoms with van der Waals surface area (Å²) in [5, 5.41) is 0. The topological polar surface area (TPSA) is 30.2 Å². The maximum atomic E-state index is 12.7. The molecule has 0 radical (unpaired) electrons. The molecule has 0 spiro atoms. The molecule has 2 aromatic rings. The van der Waals surface area contributed by atoms with Crippen LogP contribution in [0.2, 0.25) is 0 Å². The molecular formula is C30H40O2. The number of fused-ring (bicyclic) bond motifs is 1. The van der Waals surface area contributed by atoms with Crippen LogP contribution in [0.5, 0.6) is 0 Å². The summed E-state index contributed by atoms with van der Waals surface area (Å²) in [7, 11) is 0. The lowest BCUT2D eigenvalue weighted by Crippen LogP contribution is -2.34. The van der Waals surface area contributed by atoms with E-state index in [-0.39, 0.29) is 16.6 Å². The molecule has 0 fully saturated rings. The molecule has 2 aliphatic rings. The zero-order valence-corrected chi connectivity index (χ0v) is 20.9. The zero-order chi connectivity index (χ0) is 23.1. The second-order valence-electron chi connectivity index (χ2n) is 11.7. The first-order valence-corrected chi connectivity index (χ1v) is 12.5. The molecule has 1 aromatic carbocycles. The van der Waals surface area contributed by atoms with E-state index in [9.17, 15) is 4.79 Å². The fourth-order valence-electron chi connectivity index (χ4n) is 5.46. The van der Waals surface area contributed by atoms with E-state index in [1.165, 1.54) is 47.9 Å². The van der Waals surface area contributed by atoms with Gasteiger partial charge in [0.25, 0.3) is 0 Å². The van der Waals surface area contributed by atoms with E-state index in [0.717, 1.165) is 18.6 Å². The number of carbonyl (C=O) groups is 1. The van der Waals surface area contributed by atoms with Crippen LogP contribution in [0.1, 0.15) is 112 Å². The minimum absolute atomic E-state index is 0.133. The van der Waals surface area contributed by atoms with Crippen molar-refractivity contribution in [2.45, 2.75) is 97.3 Å². The van der Waals surface area contributed by atoms with Crippen LogP contribution in [0.25, 0.3) is 0 Å². The van der Waals surface area contributed by atoms with Gasteiger partial charge < -0.3 is 4.42 Å². The zero-order valence-electron chi connectivity index (χ0n) is 20.9. The number of carbonyl (C=O) groups excluding carboxylic acids is 1. The molecule has 2 aliphatic carbocycles. The van der Waals surface area contributed by atoms with Crippen LogP contribution in [0.15, 0.2) is 40.8 Å². The number of hydrogen-bond donors (Lipinski definition) is 0. The highest BCUT2D eigenvalue weighted by Gasteiger charge is 2.37. The minimum Gasteiger partial charge on any atom is -0.458 e. The monoisotopic (exact) mass is 432 g/mol. The Hall–Kier alpha value is -2.09. The van der Waals surface area contributed by atoms with Crippen LogP contribution >= 0.6 is 0 Å². The second-order valence-corrected chi connectivity index (χ2v) is 11.7. The van der Waals surface area contributed by atoms with Gasteiger partial charge in [-0.15, -0.1) is 0 Å². The lowest BCUT2D eigenvalue weighted by molar-refractivity contribution is 0.0946. The number of Topliss-reactive ketones (excluding diaryl/α,β-unsaturated/α-hetero) is 1. The first-order chi connectivity index (χ1) is 15.0.